The molecule has 0 saturated heterocycles. The second kappa shape index (κ2) is 8.55. The molecule has 0 amide bonds. The van der Waals surface area contributed by atoms with Crippen molar-refractivity contribution in [3.63, 3.8) is 0 Å². The molecule has 28 heavy (non-hydrogen) atoms. The van der Waals surface area contributed by atoms with E-state index in [1.165, 1.54) is 16.3 Å². The van der Waals surface area contributed by atoms with Gasteiger partial charge in [-0.3, -0.25) is 0 Å². The molecule has 0 radical (unpaired) electrons. The number of anilines is 1. The summed E-state index contributed by atoms with van der Waals surface area (Å²) in [6, 6.07) is 28.2. The Morgan fingerprint density at radius 1 is 0.714 bits per heavy atom. The Kier molecular flexibility index (Phi) is 5.70. The topological polar surface area (TPSA) is 21.3 Å². The maximum absolute atomic E-state index is 6.18. The molecule has 4 rings (SSSR count). The summed E-state index contributed by atoms with van der Waals surface area (Å²) in [5, 5.41) is 6.90. The number of hydrogen-bond donors (Lipinski definition) is 1. The first kappa shape index (κ1) is 18.7. The Morgan fingerprint density at radius 3 is 2.36 bits per heavy atom. The minimum atomic E-state index is 0.519. The zero-order chi connectivity index (χ0) is 19.3. The Labute approximate surface area is 174 Å². The van der Waals surface area contributed by atoms with Gasteiger partial charge in [-0.15, -0.1) is 0 Å². The van der Waals surface area contributed by atoms with E-state index in [-0.39, 0.29) is 0 Å². The second-order valence-electron chi connectivity index (χ2n) is 6.52. The number of ether oxygens (including phenoxy) is 1. The molecule has 1 N–H and O–H groups in total. The average molecular weight is 408 g/mol. The number of nitrogens with one attached hydrogen (secondary N) is 1. The van der Waals surface area contributed by atoms with Crippen molar-refractivity contribution in [2.75, 3.05) is 5.32 Å². The molecule has 0 aliphatic rings. The van der Waals surface area contributed by atoms with Crippen LogP contribution in [0.4, 0.5) is 5.69 Å². The highest BCUT2D eigenvalue weighted by molar-refractivity contribution is 6.42. The number of rotatable bonds is 6. The SMILES string of the molecule is Clc1ccc(NCc2ccccc2OCc2cccc3ccccc23)cc1Cl. The van der Waals surface area contributed by atoms with Crippen LogP contribution in [0.1, 0.15) is 11.1 Å². The summed E-state index contributed by atoms with van der Waals surface area (Å²) in [5.41, 5.74) is 3.16. The summed E-state index contributed by atoms with van der Waals surface area (Å²) in [6.07, 6.45) is 0. The average Bonchev–Trinajstić information content (AvgIpc) is 2.73. The molecular weight excluding hydrogens is 389 g/mol. The third-order valence-electron chi connectivity index (χ3n) is 4.64. The number of para-hydroxylation sites is 1. The number of hydrogen-bond acceptors (Lipinski definition) is 2. The fraction of sp³-hybridized carbons (Fsp3) is 0.0833. The summed E-state index contributed by atoms with van der Waals surface area (Å²) in [5.74, 6) is 0.864. The van der Waals surface area contributed by atoms with Crippen molar-refractivity contribution in [3.05, 3.63) is 106 Å². The lowest BCUT2D eigenvalue weighted by atomic mass is 10.1. The lowest BCUT2D eigenvalue weighted by molar-refractivity contribution is 0.304. The third-order valence-corrected chi connectivity index (χ3v) is 5.38. The van der Waals surface area contributed by atoms with E-state index < -0.39 is 0 Å². The largest absolute Gasteiger partial charge is 0.489 e. The van der Waals surface area contributed by atoms with Gasteiger partial charge in [-0.2, -0.15) is 0 Å². The van der Waals surface area contributed by atoms with Crippen molar-refractivity contribution in [3.8, 4) is 5.75 Å². The molecule has 0 unspecified atom stereocenters. The van der Waals surface area contributed by atoms with Crippen molar-refractivity contribution < 1.29 is 4.74 Å². The molecule has 0 aromatic heterocycles. The number of fused-ring (bicyclic) bond motifs is 1. The van der Waals surface area contributed by atoms with Crippen LogP contribution < -0.4 is 10.1 Å². The summed E-state index contributed by atoms with van der Waals surface area (Å²) in [6.45, 7) is 1.15. The van der Waals surface area contributed by atoms with Crippen LogP contribution in [0.3, 0.4) is 0 Å². The van der Waals surface area contributed by atoms with Gasteiger partial charge in [0, 0.05) is 17.8 Å². The summed E-state index contributed by atoms with van der Waals surface area (Å²) >= 11 is 12.1. The normalized spacial score (nSPS) is 10.8. The molecule has 0 spiro atoms. The van der Waals surface area contributed by atoms with Crippen molar-refractivity contribution in [1.29, 1.82) is 0 Å². The van der Waals surface area contributed by atoms with Crippen molar-refractivity contribution >= 4 is 39.7 Å². The highest BCUT2D eigenvalue weighted by atomic mass is 35.5. The van der Waals surface area contributed by atoms with Gasteiger partial charge in [0.15, 0.2) is 0 Å². The van der Waals surface area contributed by atoms with Crippen LogP contribution in [-0.2, 0) is 13.2 Å². The molecule has 0 aliphatic carbocycles. The van der Waals surface area contributed by atoms with Crippen molar-refractivity contribution in [2.24, 2.45) is 0 Å². The fourth-order valence-corrected chi connectivity index (χ4v) is 3.47. The molecular formula is C24H19Cl2NO. The Hall–Kier alpha value is -2.68. The molecule has 140 valence electrons. The van der Waals surface area contributed by atoms with Crippen LogP contribution in [0.5, 0.6) is 5.75 Å². The van der Waals surface area contributed by atoms with Crippen LogP contribution in [-0.4, -0.2) is 0 Å². The van der Waals surface area contributed by atoms with Crippen molar-refractivity contribution in [2.45, 2.75) is 13.2 Å². The standard InChI is InChI=1S/C24H19Cl2NO/c25-22-13-12-20(14-23(22)26)27-15-18-7-2-4-11-24(18)28-16-19-9-5-8-17-6-1-3-10-21(17)19/h1-14,27H,15-16H2. The monoisotopic (exact) mass is 407 g/mol. The Morgan fingerprint density at radius 2 is 1.46 bits per heavy atom. The first-order valence-electron chi connectivity index (χ1n) is 9.07. The van der Waals surface area contributed by atoms with E-state index in [1.54, 1.807) is 6.07 Å². The first-order valence-corrected chi connectivity index (χ1v) is 9.82. The van der Waals surface area contributed by atoms with Crippen molar-refractivity contribution in [1.82, 2.24) is 0 Å². The minimum Gasteiger partial charge on any atom is -0.489 e. The zero-order valence-electron chi connectivity index (χ0n) is 15.2. The summed E-state index contributed by atoms with van der Waals surface area (Å²) in [4.78, 5) is 0. The van der Waals surface area contributed by atoms with Crippen LogP contribution in [0.2, 0.25) is 10.0 Å². The van der Waals surface area contributed by atoms with Gasteiger partial charge in [0.25, 0.3) is 0 Å². The van der Waals surface area contributed by atoms with E-state index in [2.05, 4.69) is 53.8 Å². The van der Waals surface area contributed by atoms with E-state index in [0.29, 0.717) is 23.2 Å². The Bertz CT molecular complexity index is 1110. The van der Waals surface area contributed by atoms with Gasteiger partial charge in [-0.05, 0) is 40.6 Å². The van der Waals surface area contributed by atoms with Gasteiger partial charge < -0.3 is 10.1 Å². The first-order chi connectivity index (χ1) is 13.7. The highest BCUT2D eigenvalue weighted by Crippen LogP contribution is 2.27. The number of benzene rings is 4. The molecule has 0 aliphatic heterocycles. The van der Waals surface area contributed by atoms with Crippen LogP contribution in [0.15, 0.2) is 84.9 Å². The molecule has 0 bridgehead atoms. The van der Waals surface area contributed by atoms with E-state index in [9.17, 15) is 0 Å². The molecule has 0 atom stereocenters. The van der Waals surface area contributed by atoms with Gasteiger partial charge in [-0.1, -0.05) is 83.9 Å². The van der Waals surface area contributed by atoms with Gasteiger partial charge in [0.2, 0.25) is 0 Å². The van der Waals surface area contributed by atoms with Crippen LogP contribution >= 0.6 is 23.2 Å². The van der Waals surface area contributed by atoms with Gasteiger partial charge in [0.1, 0.15) is 12.4 Å². The maximum Gasteiger partial charge on any atom is 0.124 e. The molecule has 0 fully saturated rings. The highest BCUT2D eigenvalue weighted by Gasteiger charge is 2.06. The predicted molar refractivity (Wildman–Crippen MR) is 119 cm³/mol. The molecule has 0 heterocycles. The van der Waals surface area contributed by atoms with Crippen LogP contribution in [0, 0.1) is 0 Å². The Balaban J connectivity index is 1.49. The predicted octanol–water partition coefficient (Wildman–Crippen LogP) is 7.34. The van der Waals surface area contributed by atoms with Gasteiger partial charge in [-0.25, -0.2) is 0 Å². The zero-order valence-corrected chi connectivity index (χ0v) is 16.7. The molecule has 4 heteroatoms. The lowest BCUT2D eigenvalue weighted by Gasteiger charge is -2.14. The van der Waals surface area contributed by atoms with E-state index >= 15 is 0 Å². The minimum absolute atomic E-state index is 0.519. The fourth-order valence-electron chi connectivity index (χ4n) is 3.17. The third kappa shape index (κ3) is 4.24. The van der Waals surface area contributed by atoms with Gasteiger partial charge >= 0.3 is 0 Å². The smallest absolute Gasteiger partial charge is 0.124 e. The molecule has 4 aromatic rings. The summed E-state index contributed by atoms with van der Waals surface area (Å²) < 4.78 is 6.18. The number of halogens is 2. The molecule has 0 saturated carbocycles. The van der Waals surface area contributed by atoms with Crippen LogP contribution in [0.25, 0.3) is 10.8 Å². The van der Waals surface area contributed by atoms with E-state index in [0.717, 1.165) is 17.0 Å². The molecule has 2 nitrogen and oxygen atoms in total. The summed E-state index contributed by atoms with van der Waals surface area (Å²) in [7, 11) is 0. The van der Waals surface area contributed by atoms with Gasteiger partial charge in [0.05, 0.1) is 10.0 Å². The maximum atomic E-state index is 6.18. The lowest BCUT2D eigenvalue weighted by Crippen LogP contribution is -2.04. The second-order valence-corrected chi connectivity index (χ2v) is 7.33. The van der Waals surface area contributed by atoms with E-state index in [1.807, 2.05) is 30.3 Å². The van der Waals surface area contributed by atoms with E-state index in [4.69, 9.17) is 27.9 Å². The molecule has 4 aromatic carbocycles. The quantitative estimate of drug-likeness (QED) is 0.360.